The third-order valence-electron chi connectivity index (χ3n) is 3.86. The maximum absolute atomic E-state index is 5.74. The molecule has 6 heteroatoms. The van der Waals surface area contributed by atoms with E-state index in [1.54, 1.807) is 0 Å². The van der Waals surface area contributed by atoms with Crippen LogP contribution in [0.5, 0.6) is 0 Å². The highest BCUT2D eigenvalue weighted by Gasteiger charge is 2.23. The van der Waals surface area contributed by atoms with Crippen LogP contribution in [-0.4, -0.2) is 16.7 Å². The van der Waals surface area contributed by atoms with Gasteiger partial charge in [0.1, 0.15) is 0 Å². The molecule has 1 aliphatic carbocycles. The highest BCUT2D eigenvalue weighted by atomic mass is 32.1. The lowest BCUT2D eigenvalue weighted by Gasteiger charge is -2.22. The monoisotopic (exact) mass is 306 g/mol. The lowest BCUT2D eigenvalue weighted by molar-refractivity contribution is 0.419. The molecular formula is C15H22N4OS. The fourth-order valence-corrected chi connectivity index (χ4v) is 3.69. The molecule has 0 aliphatic heterocycles. The lowest BCUT2D eigenvalue weighted by Crippen LogP contribution is -2.19. The average Bonchev–Trinajstić information content (AvgIpc) is 3.14. The van der Waals surface area contributed by atoms with Crippen molar-refractivity contribution in [3.63, 3.8) is 0 Å². The Morgan fingerprint density at radius 3 is 3.24 bits per heavy atom. The number of thiophene rings is 1. The molecule has 0 amide bonds. The molecule has 2 aromatic rings. The second kappa shape index (κ2) is 6.58. The van der Waals surface area contributed by atoms with Crippen LogP contribution >= 0.6 is 11.3 Å². The number of hydrogen-bond acceptors (Lipinski definition) is 6. The fourth-order valence-electron chi connectivity index (χ4n) is 2.70. The molecule has 2 N–H and O–H groups in total. The van der Waals surface area contributed by atoms with Gasteiger partial charge in [0.15, 0.2) is 0 Å². The number of anilines is 1. The standard InChI is InChI=1S/C15H22N4OS/c1-3-8-16-10(2)14-18-19-15(20-14)17-12-5-4-6-13-11(12)7-9-21-13/h7,9-10,12,16H,3-6,8H2,1-2H3,(H,17,19). The zero-order valence-electron chi connectivity index (χ0n) is 12.6. The van der Waals surface area contributed by atoms with E-state index in [0.717, 1.165) is 19.4 Å². The Morgan fingerprint density at radius 1 is 1.48 bits per heavy atom. The predicted molar refractivity (Wildman–Crippen MR) is 84.6 cm³/mol. The summed E-state index contributed by atoms with van der Waals surface area (Å²) in [6.07, 6.45) is 4.61. The normalized spacial score (nSPS) is 19.2. The van der Waals surface area contributed by atoms with Crippen LogP contribution < -0.4 is 10.6 Å². The largest absolute Gasteiger partial charge is 0.406 e. The van der Waals surface area contributed by atoms with E-state index < -0.39 is 0 Å². The summed E-state index contributed by atoms with van der Waals surface area (Å²) in [5, 5.41) is 17.2. The summed E-state index contributed by atoms with van der Waals surface area (Å²) < 4.78 is 5.74. The van der Waals surface area contributed by atoms with E-state index in [1.165, 1.54) is 23.3 Å². The molecule has 21 heavy (non-hydrogen) atoms. The van der Waals surface area contributed by atoms with Crippen LogP contribution in [0.2, 0.25) is 0 Å². The summed E-state index contributed by atoms with van der Waals surface area (Å²) in [4.78, 5) is 1.48. The summed E-state index contributed by atoms with van der Waals surface area (Å²) in [6.45, 7) is 5.14. The fraction of sp³-hybridized carbons (Fsp3) is 0.600. The zero-order valence-corrected chi connectivity index (χ0v) is 13.4. The Labute approximate surface area is 129 Å². The van der Waals surface area contributed by atoms with Gasteiger partial charge in [0.25, 0.3) is 0 Å². The van der Waals surface area contributed by atoms with E-state index in [0.29, 0.717) is 17.9 Å². The highest BCUT2D eigenvalue weighted by molar-refractivity contribution is 7.10. The summed E-state index contributed by atoms with van der Waals surface area (Å²) >= 11 is 1.84. The van der Waals surface area contributed by atoms with Crippen LogP contribution in [0.25, 0.3) is 0 Å². The van der Waals surface area contributed by atoms with Crippen LogP contribution in [0, 0.1) is 0 Å². The Balaban J connectivity index is 1.66. The molecule has 1 aliphatic rings. The van der Waals surface area contributed by atoms with Crippen LogP contribution in [0.15, 0.2) is 15.9 Å². The van der Waals surface area contributed by atoms with Crippen LogP contribution in [0.1, 0.15) is 61.5 Å². The van der Waals surface area contributed by atoms with Gasteiger partial charge in [-0.3, -0.25) is 0 Å². The smallest absolute Gasteiger partial charge is 0.316 e. The molecule has 0 radical (unpaired) electrons. The summed E-state index contributed by atoms with van der Waals surface area (Å²) in [6, 6.07) is 3.13. The first-order chi connectivity index (χ1) is 10.3. The molecule has 3 rings (SSSR count). The van der Waals surface area contributed by atoms with E-state index in [1.807, 2.05) is 18.3 Å². The van der Waals surface area contributed by atoms with Gasteiger partial charge < -0.3 is 15.1 Å². The molecule has 2 unspecified atom stereocenters. The van der Waals surface area contributed by atoms with Crippen molar-refractivity contribution in [1.29, 1.82) is 0 Å². The van der Waals surface area contributed by atoms with Gasteiger partial charge in [-0.1, -0.05) is 12.0 Å². The third-order valence-corrected chi connectivity index (χ3v) is 4.86. The van der Waals surface area contributed by atoms with Gasteiger partial charge in [0.05, 0.1) is 12.1 Å². The van der Waals surface area contributed by atoms with Crippen molar-refractivity contribution < 1.29 is 4.42 Å². The van der Waals surface area contributed by atoms with E-state index >= 15 is 0 Å². The van der Waals surface area contributed by atoms with Gasteiger partial charge >= 0.3 is 6.01 Å². The lowest BCUT2D eigenvalue weighted by atomic mass is 9.94. The van der Waals surface area contributed by atoms with Crippen LogP contribution in [0.4, 0.5) is 6.01 Å². The number of aromatic nitrogens is 2. The number of nitrogens with zero attached hydrogens (tertiary/aromatic N) is 2. The second-order valence-corrected chi connectivity index (χ2v) is 6.51. The van der Waals surface area contributed by atoms with Crippen LogP contribution in [-0.2, 0) is 6.42 Å². The molecule has 2 aromatic heterocycles. The number of nitrogens with one attached hydrogen (secondary N) is 2. The van der Waals surface area contributed by atoms with Gasteiger partial charge in [-0.2, -0.15) is 0 Å². The van der Waals surface area contributed by atoms with E-state index in [-0.39, 0.29) is 6.04 Å². The van der Waals surface area contributed by atoms with Gasteiger partial charge in [-0.25, -0.2) is 0 Å². The summed E-state index contributed by atoms with van der Waals surface area (Å²) in [5.41, 5.74) is 1.39. The van der Waals surface area contributed by atoms with Crippen molar-refractivity contribution in [2.24, 2.45) is 0 Å². The van der Waals surface area contributed by atoms with Crippen molar-refractivity contribution in [3.05, 3.63) is 27.8 Å². The molecule has 5 nitrogen and oxygen atoms in total. The molecule has 0 fully saturated rings. The van der Waals surface area contributed by atoms with Crippen molar-refractivity contribution in [2.75, 3.05) is 11.9 Å². The minimum atomic E-state index is 0.0936. The van der Waals surface area contributed by atoms with Crippen molar-refractivity contribution in [3.8, 4) is 0 Å². The van der Waals surface area contributed by atoms with Crippen molar-refractivity contribution in [1.82, 2.24) is 15.5 Å². The first kappa shape index (κ1) is 14.5. The van der Waals surface area contributed by atoms with Crippen molar-refractivity contribution in [2.45, 2.75) is 51.6 Å². The minimum absolute atomic E-state index is 0.0936. The number of hydrogen-bond donors (Lipinski definition) is 2. The zero-order chi connectivity index (χ0) is 14.7. The molecule has 114 valence electrons. The molecule has 0 aromatic carbocycles. The first-order valence-corrected chi connectivity index (χ1v) is 8.55. The summed E-state index contributed by atoms with van der Waals surface area (Å²) in [7, 11) is 0. The number of aryl methyl sites for hydroxylation is 1. The first-order valence-electron chi connectivity index (χ1n) is 7.67. The molecular weight excluding hydrogens is 284 g/mol. The van der Waals surface area contributed by atoms with Crippen molar-refractivity contribution >= 4 is 17.4 Å². The Bertz CT molecular complexity index is 580. The molecule has 0 bridgehead atoms. The van der Waals surface area contributed by atoms with E-state index in [2.05, 4.69) is 39.2 Å². The maximum Gasteiger partial charge on any atom is 0.316 e. The molecule has 0 saturated carbocycles. The number of fused-ring (bicyclic) bond motifs is 1. The van der Waals surface area contributed by atoms with Gasteiger partial charge in [0, 0.05) is 4.88 Å². The topological polar surface area (TPSA) is 63.0 Å². The van der Waals surface area contributed by atoms with E-state index in [4.69, 9.17) is 4.42 Å². The third kappa shape index (κ3) is 3.27. The molecule has 2 atom stereocenters. The quantitative estimate of drug-likeness (QED) is 0.852. The highest BCUT2D eigenvalue weighted by Crippen LogP contribution is 2.35. The molecule has 2 heterocycles. The van der Waals surface area contributed by atoms with Gasteiger partial charge in [-0.15, -0.1) is 16.4 Å². The minimum Gasteiger partial charge on any atom is -0.406 e. The summed E-state index contributed by atoms with van der Waals surface area (Å²) in [5.74, 6) is 0.646. The van der Waals surface area contributed by atoms with E-state index in [9.17, 15) is 0 Å². The number of rotatable bonds is 6. The molecule has 0 spiro atoms. The van der Waals surface area contributed by atoms with Gasteiger partial charge in [0.2, 0.25) is 5.89 Å². The Morgan fingerprint density at radius 2 is 2.38 bits per heavy atom. The Hall–Kier alpha value is -1.40. The Kier molecular flexibility index (Phi) is 4.55. The molecule has 0 saturated heterocycles. The van der Waals surface area contributed by atoms with Gasteiger partial charge in [-0.05, 0) is 56.2 Å². The van der Waals surface area contributed by atoms with Crippen LogP contribution in [0.3, 0.4) is 0 Å². The average molecular weight is 306 g/mol. The second-order valence-electron chi connectivity index (χ2n) is 5.51. The SMILES string of the molecule is CCCNC(C)c1nnc(NC2CCCc3sccc32)o1. The predicted octanol–water partition coefficient (Wildman–Crippen LogP) is 3.68. The maximum atomic E-state index is 5.74.